The molecule has 1 aromatic carbocycles. The zero-order valence-electron chi connectivity index (χ0n) is 14.1. The Morgan fingerprint density at radius 2 is 1.91 bits per heavy atom. The first-order valence-electron chi connectivity index (χ1n) is 7.99. The molecule has 1 saturated heterocycles. The third-order valence-electron chi connectivity index (χ3n) is 3.61. The number of methoxy groups -OCH3 is 1. The Balaban J connectivity index is 1.67. The molecule has 0 radical (unpaired) electrons. The van der Waals surface area contributed by atoms with Gasteiger partial charge in [-0.25, -0.2) is 0 Å². The molecule has 0 aromatic heterocycles. The van der Waals surface area contributed by atoms with Gasteiger partial charge >= 0.3 is 0 Å². The molecule has 1 aromatic rings. The third kappa shape index (κ3) is 5.73. The molecule has 128 valence electrons. The maximum absolute atomic E-state index is 12.0. The van der Waals surface area contributed by atoms with Crippen molar-refractivity contribution >= 4 is 5.91 Å². The molecular formula is C17H26N2O4. The van der Waals surface area contributed by atoms with E-state index in [2.05, 4.69) is 10.2 Å². The fourth-order valence-electron chi connectivity index (χ4n) is 2.76. The van der Waals surface area contributed by atoms with Gasteiger partial charge in [0.25, 0.3) is 0 Å². The zero-order chi connectivity index (χ0) is 16.7. The SMILES string of the molecule is COc1ccccc1OCCNC(=O)CN1C[C@H](C)O[C@@H](C)C1. The number of hydrogen-bond donors (Lipinski definition) is 1. The van der Waals surface area contributed by atoms with Gasteiger partial charge in [-0.15, -0.1) is 0 Å². The Morgan fingerprint density at radius 3 is 2.57 bits per heavy atom. The van der Waals surface area contributed by atoms with Crippen molar-refractivity contribution in [3.05, 3.63) is 24.3 Å². The lowest BCUT2D eigenvalue weighted by Crippen LogP contribution is -2.49. The van der Waals surface area contributed by atoms with Gasteiger partial charge in [-0.1, -0.05) is 12.1 Å². The van der Waals surface area contributed by atoms with Crippen molar-refractivity contribution in [1.29, 1.82) is 0 Å². The minimum atomic E-state index is 0.00919. The summed E-state index contributed by atoms with van der Waals surface area (Å²) in [6.45, 7) is 6.90. The van der Waals surface area contributed by atoms with Gasteiger partial charge in [0.05, 0.1) is 32.4 Å². The summed E-state index contributed by atoms with van der Waals surface area (Å²) in [6, 6.07) is 7.46. The lowest BCUT2D eigenvalue weighted by atomic mass is 10.2. The van der Waals surface area contributed by atoms with Crippen molar-refractivity contribution < 1.29 is 19.0 Å². The first-order valence-corrected chi connectivity index (χ1v) is 7.99. The third-order valence-corrected chi connectivity index (χ3v) is 3.61. The van der Waals surface area contributed by atoms with Gasteiger partial charge < -0.3 is 19.5 Å². The molecule has 1 fully saturated rings. The van der Waals surface area contributed by atoms with Crippen LogP contribution in [0.4, 0.5) is 0 Å². The molecule has 0 spiro atoms. The molecule has 1 aliphatic rings. The lowest BCUT2D eigenvalue weighted by Gasteiger charge is -2.34. The molecule has 1 heterocycles. The van der Waals surface area contributed by atoms with E-state index in [0.717, 1.165) is 13.1 Å². The largest absolute Gasteiger partial charge is 0.493 e. The van der Waals surface area contributed by atoms with Gasteiger partial charge in [0.15, 0.2) is 11.5 Å². The van der Waals surface area contributed by atoms with Crippen LogP contribution in [0.1, 0.15) is 13.8 Å². The second-order valence-corrected chi connectivity index (χ2v) is 5.80. The number of hydrogen-bond acceptors (Lipinski definition) is 5. The Hall–Kier alpha value is -1.79. The van der Waals surface area contributed by atoms with Crippen molar-refractivity contribution in [3.63, 3.8) is 0 Å². The van der Waals surface area contributed by atoms with Gasteiger partial charge in [-0.05, 0) is 26.0 Å². The van der Waals surface area contributed by atoms with E-state index < -0.39 is 0 Å². The van der Waals surface area contributed by atoms with Crippen LogP contribution in [0.15, 0.2) is 24.3 Å². The molecule has 1 amide bonds. The van der Waals surface area contributed by atoms with Crippen LogP contribution >= 0.6 is 0 Å². The van der Waals surface area contributed by atoms with Crippen molar-refractivity contribution in [2.75, 3.05) is 39.9 Å². The topological polar surface area (TPSA) is 60.0 Å². The number of carbonyl (C=O) groups excluding carboxylic acids is 1. The fourth-order valence-corrected chi connectivity index (χ4v) is 2.76. The average molecular weight is 322 g/mol. The summed E-state index contributed by atoms with van der Waals surface area (Å²) in [5.74, 6) is 1.38. The van der Waals surface area contributed by atoms with Crippen LogP contribution < -0.4 is 14.8 Å². The highest BCUT2D eigenvalue weighted by molar-refractivity contribution is 5.78. The van der Waals surface area contributed by atoms with Crippen LogP contribution in [0.2, 0.25) is 0 Å². The van der Waals surface area contributed by atoms with E-state index in [-0.39, 0.29) is 18.1 Å². The molecule has 2 rings (SSSR count). The predicted molar refractivity (Wildman–Crippen MR) is 87.9 cm³/mol. The lowest BCUT2D eigenvalue weighted by molar-refractivity contribution is -0.126. The molecule has 0 aliphatic carbocycles. The number of nitrogens with one attached hydrogen (secondary N) is 1. The molecule has 0 unspecified atom stereocenters. The van der Waals surface area contributed by atoms with Crippen molar-refractivity contribution in [2.24, 2.45) is 0 Å². The normalized spacial score (nSPS) is 21.7. The number of nitrogens with zero attached hydrogens (tertiary/aromatic N) is 1. The number of amides is 1. The Bertz CT molecular complexity index is 499. The summed E-state index contributed by atoms with van der Waals surface area (Å²) in [4.78, 5) is 14.1. The molecule has 6 heteroatoms. The van der Waals surface area contributed by atoms with Crippen molar-refractivity contribution in [3.8, 4) is 11.5 Å². The number of para-hydroxylation sites is 2. The van der Waals surface area contributed by atoms with E-state index in [4.69, 9.17) is 14.2 Å². The quantitative estimate of drug-likeness (QED) is 0.767. The molecule has 2 atom stereocenters. The Kier molecular flexibility index (Phi) is 6.67. The molecule has 6 nitrogen and oxygen atoms in total. The summed E-state index contributed by atoms with van der Waals surface area (Å²) in [5.41, 5.74) is 0. The van der Waals surface area contributed by atoms with Gasteiger partial charge in [0.2, 0.25) is 5.91 Å². The Morgan fingerprint density at radius 1 is 1.26 bits per heavy atom. The number of rotatable bonds is 7. The standard InChI is InChI=1S/C17H26N2O4/c1-13-10-19(11-14(2)23-13)12-17(20)18-8-9-22-16-7-5-4-6-15(16)21-3/h4-7,13-14H,8-12H2,1-3H3,(H,18,20)/t13-,14-/m0/s1. The predicted octanol–water partition coefficient (Wildman–Crippen LogP) is 1.30. The summed E-state index contributed by atoms with van der Waals surface area (Å²) >= 11 is 0. The van der Waals surface area contributed by atoms with Gasteiger partial charge in [0.1, 0.15) is 6.61 Å². The first-order chi connectivity index (χ1) is 11.1. The smallest absolute Gasteiger partial charge is 0.234 e. The van der Waals surface area contributed by atoms with Crippen LogP contribution in [0.25, 0.3) is 0 Å². The molecule has 23 heavy (non-hydrogen) atoms. The van der Waals surface area contributed by atoms with E-state index in [0.29, 0.717) is 31.2 Å². The van der Waals surface area contributed by atoms with Crippen LogP contribution in [0.3, 0.4) is 0 Å². The van der Waals surface area contributed by atoms with Crippen LogP contribution in [-0.4, -0.2) is 62.9 Å². The van der Waals surface area contributed by atoms with Crippen LogP contribution in [0.5, 0.6) is 11.5 Å². The van der Waals surface area contributed by atoms with Gasteiger partial charge in [-0.2, -0.15) is 0 Å². The Labute approximate surface area is 137 Å². The van der Waals surface area contributed by atoms with Crippen molar-refractivity contribution in [1.82, 2.24) is 10.2 Å². The van der Waals surface area contributed by atoms with E-state index >= 15 is 0 Å². The maximum atomic E-state index is 12.0. The summed E-state index contributed by atoms with van der Waals surface area (Å²) in [7, 11) is 1.61. The number of carbonyl (C=O) groups is 1. The highest BCUT2D eigenvalue weighted by Gasteiger charge is 2.23. The van der Waals surface area contributed by atoms with E-state index in [9.17, 15) is 4.79 Å². The summed E-state index contributed by atoms with van der Waals surface area (Å²) in [6.07, 6.45) is 0.334. The van der Waals surface area contributed by atoms with Crippen molar-refractivity contribution in [2.45, 2.75) is 26.1 Å². The maximum Gasteiger partial charge on any atom is 0.234 e. The average Bonchev–Trinajstić information content (AvgIpc) is 2.51. The fraction of sp³-hybridized carbons (Fsp3) is 0.588. The highest BCUT2D eigenvalue weighted by atomic mass is 16.5. The second kappa shape index (κ2) is 8.74. The first kappa shape index (κ1) is 17.6. The van der Waals surface area contributed by atoms with E-state index in [1.807, 2.05) is 38.1 Å². The minimum absolute atomic E-state index is 0.00919. The minimum Gasteiger partial charge on any atom is -0.493 e. The number of benzene rings is 1. The van der Waals surface area contributed by atoms with Gasteiger partial charge in [-0.3, -0.25) is 9.69 Å². The van der Waals surface area contributed by atoms with Crippen LogP contribution in [-0.2, 0) is 9.53 Å². The monoisotopic (exact) mass is 322 g/mol. The zero-order valence-corrected chi connectivity index (χ0v) is 14.1. The van der Waals surface area contributed by atoms with E-state index in [1.54, 1.807) is 7.11 Å². The summed E-state index contributed by atoms with van der Waals surface area (Å²) in [5, 5.41) is 2.88. The molecular weight excluding hydrogens is 296 g/mol. The second-order valence-electron chi connectivity index (χ2n) is 5.80. The molecule has 0 saturated carbocycles. The molecule has 0 bridgehead atoms. The van der Waals surface area contributed by atoms with E-state index in [1.165, 1.54) is 0 Å². The molecule has 1 N–H and O–H groups in total. The van der Waals surface area contributed by atoms with Gasteiger partial charge in [0, 0.05) is 13.1 Å². The van der Waals surface area contributed by atoms with Crippen LogP contribution in [0, 0.1) is 0 Å². The number of ether oxygens (including phenoxy) is 3. The summed E-state index contributed by atoms with van der Waals surface area (Å²) < 4.78 is 16.5. The highest BCUT2D eigenvalue weighted by Crippen LogP contribution is 2.25. The number of morpholine rings is 1. The molecule has 1 aliphatic heterocycles.